The maximum absolute atomic E-state index is 13.2. The molecule has 1 aromatic heterocycles. The average Bonchev–Trinajstić information content (AvgIpc) is 2.67. The summed E-state index contributed by atoms with van der Waals surface area (Å²) >= 11 is 0. The summed E-state index contributed by atoms with van der Waals surface area (Å²) in [4.78, 5) is 20.0. The maximum atomic E-state index is 13.2. The van der Waals surface area contributed by atoms with Crippen molar-refractivity contribution in [2.75, 3.05) is 24.5 Å². The summed E-state index contributed by atoms with van der Waals surface area (Å²) in [6.07, 6.45) is -1.52. The van der Waals surface area contributed by atoms with E-state index >= 15 is 0 Å². The first-order valence-corrected chi connectivity index (χ1v) is 8.38. The lowest BCUT2D eigenvalue weighted by atomic mass is 10.0. The molecule has 1 fully saturated rings. The van der Waals surface area contributed by atoms with Gasteiger partial charge in [0.1, 0.15) is 0 Å². The van der Waals surface area contributed by atoms with Crippen molar-refractivity contribution in [3.05, 3.63) is 59.4 Å². The van der Waals surface area contributed by atoms with E-state index in [1.807, 2.05) is 11.8 Å². The summed E-state index contributed by atoms with van der Waals surface area (Å²) in [5, 5.41) is 8.93. The van der Waals surface area contributed by atoms with Gasteiger partial charge in [0.2, 0.25) is 0 Å². The Balaban J connectivity index is 1.79. The van der Waals surface area contributed by atoms with Gasteiger partial charge in [0.15, 0.2) is 0 Å². The van der Waals surface area contributed by atoms with Crippen molar-refractivity contribution in [1.82, 2.24) is 9.88 Å². The molecule has 140 valence electrons. The Bertz CT molecular complexity index is 877. The number of carbonyl (C=O) groups excluding carboxylic acids is 1. The van der Waals surface area contributed by atoms with Crippen molar-refractivity contribution in [1.29, 1.82) is 5.26 Å². The zero-order valence-corrected chi connectivity index (χ0v) is 14.6. The van der Waals surface area contributed by atoms with Crippen LogP contribution in [0.1, 0.15) is 28.4 Å². The quantitative estimate of drug-likeness (QED) is 0.809. The first kappa shape index (κ1) is 18.7. The lowest BCUT2D eigenvalue weighted by Gasteiger charge is -2.41. The molecule has 2 aromatic rings. The van der Waals surface area contributed by atoms with E-state index in [2.05, 4.69) is 4.98 Å². The van der Waals surface area contributed by atoms with Crippen molar-refractivity contribution in [3.8, 4) is 6.07 Å². The molecule has 8 heteroatoms. The van der Waals surface area contributed by atoms with E-state index in [1.165, 1.54) is 18.3 Å². The molecule has 27 heavy (non-hydrogen) atoms. The van der Waals surface area contributed by atoms with Crippen molar-refractivity contribution < 1.29 is 18.0 Å². The number of carbonyl (C=O) groups is 1. The van der Waals surface area contributed by atoms with Gasteiger partial charge < -0.3 is 9.80 Å². The van der Waals surface area contributed by atoms with E-state index in [-0.39, 0.29) is 11.9 Å². The van der Waals surface area contributed by atoms with E-state index in [0.717, 1.165) is 6.07 Å². The fraction of sp³-hybridized carbons (Fsp3) is 0.316. The van der Waals surface area contributed by atoms with Crippen LogP contribution in [0.5, 0.6) is 0 Å². The van der Waals surface area contributed by atoms with Crippen LogP contribution in [0, 0.1) is 11.3 Å². The average molecular weight is 374 g/mol. The molecule has 1 aliphatic heterocycles. The second kappa shape index (κ2) is 7.27. The third-order valence-electron chi connectivity index (χ3n) is 4.58. The SMILES string of the molecule is CC1CN(C(=O)c2cccnc2)CCN1c1ccc(C#N)c(C(F)(F)F)c1. The molecule has 1 aliphatic rings. The number of halogens is 3. The number of hydrogen-bond acceptors (Lipinski definition) is 4. The molecule has 0 saturated carbocycles. The molecular weight excluding hydrogens is 357 g/mol. The Morgan fingerprint density at radius 1 is 1.30 bits per heavy atom. The molecule has 5 nitrogen and oxygen atoms in total. The van der Waals surface area contributed by atoms with Gasteiger partial charge in [-0.3, -0.25) is 9.78 Å². The predicted octanol–water partition coefficient (Wildman–Crippen LogP) is 3.32. The van der Waals surface area contributed by atoms with E-state index in [4.69, 9.17) is 5.26 Å². The zero-order valence-electron chi connectivity index (χ0n) is 14.6. The lowest BCUT2D eigenvalue weighted by Crippen LogP contribution is -2.53. The van der Waals surface area contributed by atoms with Gasteiger partial charge in [0.05, 0.1) is 22.8 Å². The number of amides is 1. The van der Waals surface area contributed by atoms with Gasteiger partial charge in [-0.1, -0.05) is 0 Å². The Kier molecular flexibility index (Phi) is 5.04. The molecule has 2 heterocycles. The van der Waals surface area contributed by atoms with Gasteiger partial charge in [-0.05, 0) is 37.3 Å². The number of nitriles is 1. The molecular formula is C19H17F3N4O. The molecule has 0 N–H and O–H groups in total. The van der Waals surface area contributed by atoms with Crippen LogP contribution in [0.25, 0.3) is 0 Å². The highest BCUT2D eigenvalue weighted by atomic mass is 19.4. The lowest BCUT2D eigenvalue weighted by molar-refractivity contribution is -0.137. The number of pyridine rings is 1. The first-order valence-electron chi connectivity index (χ1n) is 8.38. The number of alkyl halides is 3. The van der Waals surface area contributed by atoms with Crippen LogP contribution in [0.3, 0.4) is 0 Å². The van der Waals surface area contributed by atoms with Gasteiger partial charge >= 0.3 is 6.18 Å². The van der Waals surface area contributed by atoms with Crippen molar-refractivity contribution in [2.24, 2.45) is 0 Å². The minimum Gasteiger partial charge on any atom is -0.365 e. The highest BCUT2D eigenvalue weighted by molar-refractivity contribution is 5.94. The van der Waals surface area contributed by atoms with Crippen LogP contribution in [0.15, 0.2) is 42.7 Å². The second-order valence-electron chi connectivity index (χ2n) is 6.37. The Hall–Kier alpha value is -3.08. The third kappa shape index (κ3) is 3.87. The van der Waals surface area contributed by atoms with Crippen molar-refractivity contribution >= 4 is 11.6 Å². The van der Waals surface area contributed by atoms with Gasteiger partial charge in [-0.15, -0.1) is 0 Å². The van der Waals surface area contributed by atoms with Gasteiger partial charge in [-0.2, -0.15) is 18.4 Å². The molecule has 0 radical (unpaired) electrons. The topological polar surface area (TPSA) is 60.2 Å². The third-order valence-corrected chi connectivity index (χ3v) is 4.58. The molecule has 0 aliphatic carbocycles. The molecule has 0 spiro atoms. The predicted molar refractivity (Wildman–Crippen MR) is 93.1 cm³/mol. The molecule has 1 atom stereocenters. The monoisotopic (exact) mass is 374 g/mol. The summed E-state index contributed by atoms with van der Waals surface area (Å²) < 4.78 is 39.6. The Morgan fingerprint density at radius 3 is 2.67 bits per heavy atom. The van der Waals surface area contributed by atoms with E-state index in [1.54, 1.807) is 29.3 Å². The van der Waals surface area contributed by atoms with Crippen LogP contribution < -0.4 is 4.90 Å². The molecule has 1 unspecified atom stereocenters. The first-order chi connectivity index (χ1) is 12.8. The van der Waals surface area contributed by atoms with Crippen LogP contribution in [0.2, 0.25) is 0 Å². The van der Waals surface area contributed by atoms with E-state index < -0.39 is 17.3 Å². The number of benzene rings is 1. The van der Waals surface area contributed by atoms with E-state index in [9.17, 15) is 18.0 Å². The van der Waals surface area contributed by atoms with Crippen molar-refractivity contribution in [3.63, 3.8) is 0 Å². The van der Waals surface area contributed by atoms with Crippen LogP contribution in [-0.4, -0.2) is 41.5 Å². The fourth-order valence-electron chi connectivity index (χ4n) is 3.24. The number of rotatable bonds is 2. The molecule has 0 bridgehead atoms. The summed E-state index contributed by atoms with van der Waals surface area (Å²) in [5.74, 6) is -0.148. The summed E-state index contributed by atoms with van der Waals surface area (Å²) in [6, 6.07) is 8.50. The summed E-state index contributed by atoms with van der Waals surface area (Å²) in [6.45, 7) is 3.03. The van der Waals surface area contributed by atoms with Crippen LogP contribution >= 0.6 is 0 Å². The molecule has 1 amide bonds. The van der Waals surface area contributed by atoms with Crippen LogP contribution in [-0.2, 0) is 6.18 Å². The zero-order chi connectivity index (χ0) is 19.6. The summed E-state index contributed by atoms with van der Waals surface area (Å²) in [5.41, 5.74) is -0.467. The fourth-order valence-corrected chi connectivity index (χ4v) is 3.24. The largest absolute Gasteiger partial charge is 0.417 e. The van der Waals surface area contributed by atoms with Crippen LogP contribution in [0.4, 0.5) is 18.9 Å². The minimum absolute atomic E-state index is 0.148. The molecule has 3 rings (SSSR count). The van der Waals surface area contributed by atoms with Gasteiger partial charge in [0, 0.05) is 43.8 Å². The highest BCUT2D eigenvalue weighted by Gasteiger charge is 2.35. The number of piperazine rings is 1. The number of aromatic nitrogens is 1. The second-order valence-corrected chi connectivity index (χ2v) is 6.37. The summed E-state index contributed by atoms with van der Waals surface area (Å²) in [7, 11) is 0. The molecule has 1 aromatic carbocycles. The Morgan fingerprint density at radius 2 is 2.07 bits per heavy atom. The minimum atomic E-state index is -4.59. The Labute approximate surface area is 154 Å². The number of nitrogens with zero attached hydrogens (tertiary/aromatic N) is 4. The molecule has 1 saturated heterocycles. The maximum Gasteiger partial charge on any atom is 0.417 e. The normalized spacial score (nSPS) is 17.5. The highest BCUT2D eigenvalue weighted by Crippen LogP contribution is 2.35. The standard InChI is InChI=1S/C19H17F3N4O/c1-13-12-25(18(27)15-3-2-6-24-11-15)7-8-26(13)16-5-4-14(10-23)17(9-16)19(20,21)22/h2-6,9,11,13H,7-8,12H2,1H3. The van der Waals surface area contributed by atoms with Gasteiger partial charge in [-0.25, -0.2) is 0 Å². The number of hydrogen-bond donors (Lipinski definition) is 0. The van der Waals surface area contributed by atoms with Gasteiger partial charge in [0.25, 0.3) is 5.91 Å². The van der Waals surface area contributed by atoms with Crippen molar-refractivity contribution in [2.45, 2.75) is 19.1 Å². The van der Waals surface area contributed by atoms with E-state index in [0.29, 0.717) is 30.9 Å². The number of anilines is 1. The smallest absolute Gasteiger partial charge is 0.365 e.